The Balaban J connectivity index is 0.000000500. The van der Waals surface area contributed by atoms with Crippen LogP contribution in [0.25, 0.3) is 43.1 Å². The van der Waals surface area contributed by atoms with Crippen LogP contribution >= 0.6 is 24.8 Å². The molecule has 6 aromatic carbocycles. The van der Waals surface area contributed by atoms with Crippen molar-refractivity contribution in [3.05, 3.63) is 124 Å². The van der Waals surface area contributed by atoms with Gasteiger partial charge in [0.1, 0.15) is 0 Å². The molecule has 4 heteroatoms. The summed E-state index contributed by atoms with van der Waals surface area (Å²) in [4.78, 5) is 0. The summed E-state index contributed by atoms with van der Waals surface area (Å²) in [5.41, 5.74) is 0. The monoisotopic (exact) mass is 550 g/mol. The average molecular weight is 553 g/mol. The van der Waals surface area contributed by atoms with E-state index < -0.39 is 0 Å². The van der Waals surface area contributed by atoms with E-state index in [-0.39, 0.29) is 39.7 Å². The van der Waals surface area contributed by atoms with Crippen molar-refractivity contribution in [1.29, 1.82) is 0 Å². The molecule has 6 aromatic rings. The fourth-order valence-electron chi connectivity index (χ4n) is 3.78. The number of rotatable bonds is 0. The fraction of sp³-hybridized carbons (Fsp3) is 0. The third-order valence-corrected chi connectivity index (χ3v) is 5.09. The first-order valence-corrected chi connectivity index (χ1v) is 13.4. The fourth-order valence-corrected chi connectivity index (χ4v) is 3.78. The van der Waals surface area contributed by atoms with Gasteiger partial charge in [-0.2, -0.15) is 24.3 Å². The number of benzene rings is 4. The summed E-state index contributed by atoms with van der Waals surface area (Å²) in [5, 5.41) is 10.7. The van der Waals surface area contributed by atoms with Crippen LogP contribution in [-0.2, 0) is 23.3 Å². The second-order valence-corrected chi connectivity index (χ2v) is 6.63. The van der Waals surface area contributed by atoms with E-state index >= 15 is 0 Å². The molecule has 2 radical (unpaired) electrons. The molecule has 0 amide bonds. The third-order valence-electron chi connectivity index (χ3n) is 5.09. The van der Waals surface area contributed by atoms with Gasteiger partial charge in [-0.1, -0.05) is 82.2 Å². The first kappa shape index (κ1) is 30.3. The zero-order chi connectivity index (χ0) is 19.3. The van der Waals surface area contributed by atoms with Crippen molar-refractivity contribution >= 4 is 74.8 Å². The van der Waals surface area contributed by atoms with E-state index in [1.54, 1.807) is 0 Å². The van der Waals surface area contributed by atoms with E-state index in [1.807, 2.05) is 0 Å². The van der Waals surface area contributed by atoms with E-state index in [1.165, 1.54) is 66.4 Å². The molecule has 0 nitrogen and oxygen atoms in total. The molecule has 0 spiro atoms. The van der Waals surface area contributed by atoms with Crippen LogP contribution in [0.2, 0.25) is 0 Å². The molecular formula is C28H26Cl2SiZr-4. The molecule has 0 aliphatic carbocycles. The van der Waals surface area contributed by atoms with Crippen LogP contribution in [0, 0.1) is 14.9 Å². The molecule has 0 fully saturated rings. The molecule has 0 aliphatic rings. The predicted octanol–water partition coefficient (Wildman–Crippen LogP) is 8.78. The van der Waals surface area contributed by atoms with Crippen molar-refractivity contribution in [3.63, 3.8) is 0 Å². The van der Waals surface area contributed by atoms with Gasteiger partial charge in [0.15, 0.2) is 0 Å². The van der Waals surface area contributed by atoms with Crippen molar-refractivity contribution in [2.24, 2.45) is 0 Å². The molecule has 164 valence electrons. The van der Waals surface area contributed by atoms with E-state index in [0.29, 0.717) is 0 Å². The Labute approximate surface area is 220 Å². The molecule has 0 atom stereocenters. The molecule has 0 aliphatic heterocycles. The maximum atomic E-state index is 3.06. The minimum Gasteiger partial charge on any atom is -0.168 e. The molecule has 0 unspecified atom stereocenters. The number of hydrogen-bond donors (Lipinski definition) is 0. The maximum absolute atomic E-state index is 3.06. The van der Waals surface area contributed by atoms with Gasteiger partial charge in [0.2, 0.25) is 0 Å². The minimum atomic E-state index is 0. The van der Waals surface area contributed by atoms with Gasteiger partial charge < -0.3 is 14.9 Å². The van der Waals surface area contributed by atoms with Crippen LogP contribution in [0.4, 0.5) is 0 Å². The Hall–Kier alpha value is -1.70. The van der Waals surface area contributed by atoms with Crippen molar-refractivity contribution in [2.75, 3.05) is 0 Å². The van der Waals surface area contributed by atoms with Crippen LogP contribution in [0.5, 0.6) is 0 Å². The Morgan fingerprint density at radius 1 is 0.469 bits per heavy atom. The normalized spacial score (nSPS) is 9.09. The quantitative estimate of drug-likeness (QED) is 0.131. The summed E-state index contributed by atoms with van der Waals surface area (Å²) in [6, 6.07) is 38.6. The van der Waals surface area contributed by atoms with Gasteiger partial charge in [-0.15, -0.1) is 70.6 Å². The summed E-state index contributed by atoms with van der Waals surface area (Å²) in [7, 11) is 0. The van der Waals surface area contributed by atoms with Crippen molar-refractivity contribution in [3.8, 4) is 0 Å². The SMILES string of the molecule is Cl.Cl.[CH3-].[CH3-].[Si]=[Zr].c1ccc2c(c1)ccc1cc[cH-]c12.c1ccc2c(c1)ccc1cc[cH-]c12. The molecule has 6 rings (SSSR count). The topological polar surface area (TPSA) is 0 Å². The Morgan fingerprint density at radius 3 is 1.22 bits per heavy atom. The molecular weight excluding hydrogens is 527 g/mol. The van der Waals surface area contributed by atoms with Gasteiger partial charge in [-0.05, 0) is 0 Å². The molecule has 0 aromatic heterocycles. The van der Waals surface area contributed by atoms with Gasteiger partial charge in [0.25, 0.3) is 0 Å². The molecule has 0 saturated carbocycles. The van der Waals surface area contributed by atoms with Gasteiger partial charge in [0, 0.05) is 0 Å². The second-order valence-electron chi connectivity index (χ2n) is 6.63. The molecule has 32 heavy (non-hydrogen) atoms. The molecule has 0 N–H and O–H groups in total. The molecule has 0 saturated heterocycles. The summed E-state index contributed by atoms with van der Waals surface area (Å²) in [6.45, 7) is 3.06. The standard InChI is InChI=1S/2C13H9.2CH3.2ClH.Si.Zr/c2*1-2-6-12-10(4-1)8-9-11-5-3-7-13(11)12;;;;;;/h2*1-9H;2*1H3;2*1H;;/q4*-1;;;;. The number of halogens is 2. The summed E-state index contributed by atoms with van der Waals surface area (Å²) in [6.07, 6.45) is 0. The number of hydrogen-bond acceptors (Lipinski definition) is 0. The zero-order valence-corrected chi connectivity index (χ0v) is 23.3. The largest absolute Gasteiger partial charge is 0.168 e. The summed E-state index contributed by atoms with van der Waals surface area (Å²) >= 11 is 1.36. The predicted molar refractivity (Wildman–Crippen MR) is 147 cm³/mol. The Kier molecular flexibility index (Phi) is 13.7. The first-order valence-electron chi connectivity index (χ1n) is 9.21. The van der Waals surface area contributed by atoms with Gasteiger partial charge in [0.05, 0.1) is 0 Å². The Morgan fingerprint density at radius 2 is 0.812 bits per heavy atom. The van der Waals surface area contributed by atoms with Crippen molar-refractivity contribution < 1.29 is 23.3 Å². The summed E-state index contributed by atoms with van der Waals surface area (Å²) < 4.78 is 0. The van der Waals surface area contributed by atoms with Crippen LogP contribution in [-0.4, -0.2) is 6.88 Å². The second kappa shape index (κ2) is 14.4. The van der Waals surface area contributed by atoms with Crippen molar-refractivity contribution in [1.82, 2.24) is 0 Å². The van der Waals surface area contributed by atoms with Crippen LogP contribution in [0.3, 0.4) is 0 Å². The maximum Gasteiger partial charge on any atom is -0.0606 e. The van der Waals surface area contributed by atoms with E-state index in [9.17, 15) is 0 Å². The van der Waals surface area contributed by atoms with E-state index in [4.69, 9.17) is 0 Å². The van der Waals surface area contributed by atoms with Crippen LogP contribution in [0.1, 0.15) is 0 Å². The molecule has 0 bridgehead atoms. The van der Waals surface area contributed by atoms with E-state index in [2.05, 4.69) is 116 Å². The van der Waals surface area contributed by atoms with Gasteiger partial charge in [-0.3, -0.25) is 0 Å². The van der Waals surface area contributed by atoms with Gasteiger partial charge in [-0.25, -0.2) is 0 Å². The van der Waals surface area contributed by atoms with E-state index in [0.717, 1.165) is 0 Å². The smallest absolute Gasteiger partial charge is 0.0606 e. The Bertz CT molecular complexity index is 1260. The average Bonchev–Trinajstić information content (AvgIpc) is 3.45. The third kappa shape index (κ3) is 6.21. The van der Waals surface area contributed by atoms with Gasteiger partial charge >= 0.3 is 30.2 Å². The molecule has 0 heterocycles. The van der Waals surface area contributed by atoms with Crippen LogP contribution < -0.4 is 0 Å². The minimum absolute atomic E-state index is 0. The zero-order valence-electron chi connectivity index (χ0n) is 18.2. The first-order chi connectivity index (χ1) is 13.9. The number of fused-ring (bicyclic) bond motifs is 6. The van der Waals surface area contributed by atoms with Crippen LogP contribution in [0.15, 0.2) is 109 Å². The van der Waals surface area contributed by atoms with Crippen molar-refractivity contribution in [2.45, 2.75) is 0 Å². The summed E-state index contributed by atoms with van der Waals surface area (Å²) in [5.74, 6) is 0.